The molecule has 0 aliphatic carbocycles. The number of carbonyl (C=O) groups is 1. The predicted octanol–water partition coefficient (Wildman–Crippen LogP) is 0.657. The Morgan fingerprint density at radius 1 is 1.26 bits per heavy atom. The van der Waals surface area contributed by atoms with Gasteiger partial charge in [0.25, 0.3) is 0 Å². The van der Waals surface area contributed by atoms with Crippen LogP contribution in [0.25, 0.3) is 0 Å². The van der Waals surface area contributed by atoms with Gasteiger partial charge in [-0.05, 0) is 43.1 Å². The highest BCUT2D eigenvalue weighted by Gasteiger charge is 2.22. The van der Waals surface area contributed by atoms with Crippen LogP contribution in [0.2, 0.25) is 0 Å². The van der Waals surface area contributed by atoms with Crippen molar-refractivity contribution < 1.29 is 14.6 Å². The SMILES string of the molecule is CNCC(=O)N1CCc2cc3c(cc2CC1)OOC3. The van der Waals surface area contributed by atoms with Gasteiger partial charge in [0, 0.05) is 18.7 Å². The van der Waals surface area contributed by atoms with Crippen LogP contribution in [0.1, 0.15) is 16.7 Å². The Bertz CT molecular complexity index is 467. The summed E-state index contributed by atoms with van der Waals surface area (Å²) in [7, 11) is 1.80. The number of fused-ring (bicyclic) bond motifs is 2. The first-order valence-electron chi connectivity index (χ1n) is 6.64. The van der Waals surface area contributed by atoms with Gasteiger partial charge in [0.1, 0.15) is 6.61 Å². The van der Waals surface area contributed by atoms with Crippen LogP contribution in [0.5, 0.6) is 5.75 Å². The highest BCUT2D eigenvalue weighted by molar-refractivity contribution is 5.78. The van der Waals surface area contributed by atoms with E-state index in [2.05, 4.69) is 17.4 Å². The molecule has 19 heavy (non-hydrogen) atoms. The van der Waals surface area contributed by atoms with E-state index in [1.165, 1.54) is 11.1 Å². The third-order valence-electron chi connectivity index (χ3n) is 3.73. The quantitative estimate of drug-likeness (QED) is 0.795. The lowest BCUT2D eigenvalue weighted by Gasteiger charge is -2.19. The monoisotopic (exact) mass is 262 g/mol. The maximum atomic E-state index is 11.9. The van der Waals surface area contributed by atoms with Crippen molar-refractivity contribution in [3.63, 3.8) is 0 Å². The summed E-state index contributed by atoms with van der Waals surface area (Å²) < 4.78 is 0. The van der Waals surface area contributed by atoms with Gasteiger partial charge in [0.2, 0.25) is 5.91 Å². The molecule has 102 valence electrons. The van der Waals surface area contributed by atoms with Crippen molar-refractivity contribution in [1.29, 1.82) is 0 Å². The Morgan fingerprint density at radius 2 is 2.00 bits per heavy atom. The number of nitrogens with zero attached hydrogens (tertiary/aromatic N) is 1. The number of hydrogen-bond acceptors (Lipinski definition) is 4. The molecule has 2 heterocycles. The highest BCUT2D eigenvalue weighted by atomic mass is 17.2. The number of hydrogen-bond donors (Lipinski definition) is 1. The summed E-state index contributed by atoms with van der Waals surface area (Å²) in [5.41, 5.74) is 3.69. The molecule has 0 unspecified atom stereocenters. The first kappa shape index (κ1) is 12.4. The van der Waals surface area contributed by atoms with Crippen molar-refractivity contribution in [1.82, 2.24) is 10.2 Å². The molecule has 5 heteroatoms. The van der Waals surface area contributed by atoms with Crippen LogP contribution in [0.4, 0.5) is 0 Å². The van der Waals surface area contributed by atoms with Crippen molar-refractivity contribution in [2.75, 3.05) is 26.7 Å². The second-order valence-electron chi connectivity index (χ2n) is 4.99. The smallest absolute Gasteiger partial charge is 0.236 e. The summed E-state index contributed by atoms with van der Waals surface area (Å²) in [6.07, 6.45) is 1.78. The average molecular weight is 262 g/mol. The van der Waals surface area contributed by atoms with E-state index in [1.807, 2.05) is 4.90 Å². The molecular formula is C14H18N2O3. The van der Waals surface area contributed by atoms with E-state index in [0.29, 0.717) is 13.2 Å². The Hall–Kier alpha value is -1.59. The number of benzene rings is 1. The molecule has 0 atom stereocenters. The van der Waals surface area contributed by atoms with Gasteiger partial charge in [0.15, 0.2) is 5.75 Å². The van der Waals surface area contributed by atoms with Gasteiger partial charge < -0.3 is 15.1 Å². The molecule has 0 fully saturated rings. The minimum Gasteiger partial charge on any atom is -0.341 e. The minimum atomic E-state index is 0.169. The zero-order chi connectivity index (χ0) is 13.2. The van der Waals surface area contributed by atoms with Gasteiger partial charge in [-0.1, -0.05) is 0 Å². The number of rotatable bonds is 2. The topological polar surface area (TPSA) is 50.8 Å². The van der Waals surface area contributed by atoms with Gasteiger partial charge in [-0.15, -0.1) is 0 Å². The van der Waals surface area contributed by atoms with E-state index in [4.69, 9.17) is 9.78 Å². The molecule has 1 aromatic rings. The van der Waals surface area contributed by atoms with Gasteiger partial charge in [-0.3, -0.25) is 4.79 Å². The number of nitrogens with one attached hydrogen (secondary N) is 1. The van der Waals surface area contributed by atoms with E-state index in [0.717, 1.165) is 37.2 Å². The third kappa shape index (κ3) is 2.43. The highest BCUT2D eigenvalue weighted by Crippen LogP contribution is 2.31. The first-order chi connectivity index (χ1) is 9.28. The molecule has 1 aromatic carbocycles. The van der Waals surface area contributed by atoms with Crippen LogP contribution in [0, 0.1) is 0 Å². The van der Waals surface area contributed by atoms with Crippen LogP contribution in [-0.4, -0.2) is 37.5 Å². The Labute approximate surface area is 112 Å². The first-order valence-corrected chi connectivity index (χ1v) is 6.64. The summed E-state index contributed by atoms with van der Waals surface area (Å²) in [6.45, 7) is 2.48. The second-order valence-corrected chi connectivity index (χ2v) is 4.99. The molecule has 5 nitrogen and oxygen atoms in total. The van der Waals surface area contributed by atoms with Gasteiger partial charge in [-0.25, -0.2) is 0 Å². The second kappa shape index (κ2) is 5.19. The molecule has 1 N–H and O–H groups in total. The van der Waals surface area contributed by atoms with Gasteiger partial charge in [0.05, 0.1) is 6.54 Å². The Balaban J connectivity index is 1.77. The van der Waals surface area contributed by atoms with E-state index in [9.17, 15) is 4.79 Å². The molecule has 2 aliphatic heterocycles. The van der Waals surface area contributed by atoms with Crippen molar-refractivity contribution >= 4 is 5.91 Å². The lowest BCUT2D eigenvalue weighted by molar-refractivity contribution is -0.194. The lowest BCUT2D eigenvalue weighted by Crippen LogP contribution is -2.38. The van der Waals surface area contributed by atoms with E-state index in [1.54, 1.807) is 7.05 Å². The molecule has 0 aromatic heterocycles. The van der Waals surface area contributed by atoms with Crippen molar-refractivity contribution in [2.45, 2.75) is 19.4 Å². The Kier molecular flexibility index (Phi) is 3.40. The number of likely N-dealkylation sites (N-methyl/N-ethyl adjacent to an activating group) is 1. The van der Waals surface area contributed by atoms with Gasteiger partial charge in [-0.2, -0.15) is 4.89 Å². The zero-order valence-electron chi connectivity index (χ0n) is 11.1. The molecule has 0 saturated carbocycles. The maximum absolute atomic E-state index is 11.9. The fourth-order valence-electron chi connectivity index (χ4n) is 2.67. The van der Waals surface area contributed by atoms with Crippen molar-refractivity contribution in [3.05, 3.63) is 28.8 Å². The van der Waals surface area contributed by atoms with E-state index < -0.39 is 0 Å². The summed E-state index contributed by atoms with van der Waals surface area (Å²) in [4.78, 5) is 24.0. The molecule has 0 saturated heterocycles. The molecule has 2 aliphatic rings. The average Bonchev–Trinajstić information content (AvgIpc) is 2.75. The summed E-state index contributed by atoms with van der Waals surface area (Å²) in [5.74, 6) is 0.996. The maximum Gasteiger partial charge on any atom is 0.236 e. The molecule has 1 amide bonds. The lowest BCUT2D eigenvalue weighted by atomic mass is 10.00. The van der Waals surface area contributed by atoms with Gasteiger partial charge >= 0.3 is 0 Å². The molecule has 0 spiro atoms. The number of carbonyl (C=O) groups excluding carboxylic acids is 1. The molecular weight excluding hydrogens is 244 g/mol. The number of amides is 1. The minimum absolute atomic E-state index is 0.169. The fourth-order valence-corrected chi connectivity index (χ4v) is 2.67. The van der Waals surface area contributed by atoms with E-state index in [-0.39, 0.29) is 5.91 Å². The standard InChI is InChI=1S/C14H18N2O3/c1-15-8-14(17)16-4-2-10-6-12-9-18-19-13(12)7-11(10)3-5-16/h6-7,15H,2-5,8-9H2,1H3. The molecule has 0 bridgehead atoms. The summed E-state index contributed by atoms with van der Waals surface area (Å²) in [5, 5.41) is 2.92. The molecule has 0 radical (unpaired) electrons. The van der Waals surface area contributed by atoms with Crippen LogP contribution < -0.4 is 10.2 Å². The zero-order valence-corrected chi connectivity index (χ0v) is 11.1. The molecule has 3 rings (SSSR count). The van der Waals surface area contributed by atoms with Crippen LogP contribution >= 0.6 is 0 Å². The van der Waals surface area contributed by atoms with Crippen LogP contribution in [0.3, 0.4) is 0 Å². The normalized spacial score (nSPS) is 17.4. The summed E-state index contributed by atoms with van der Waals surface area (Å²) in [6, 6.07) is 4.22. The Morgan fingerprint density at radius 3 is 2.74 bits per heavy atom. The third-order valence-corrected chi connectivity index (χ3v) is 3.73. The fraction of sp³-hybridized carbons (Fsp3) is 0.500. The van der Waals surface area contributed by atoms with Crippen molar-refractivity contribution in [3.8, 4) is 5.75 Å². The summed E-state index contributed by atoms with van der Waals surface area (Å²) >= 11 is 0. The predicted molar refractivity (Wildman–Crippen MR) is 69.8 cm³/mol. The van der Waals surface area contributed by atoms with Crippen LogP contribution in [0.15, 0.2) is 12.1 Å². The van der Waals surface area contributed by atoms with Crippen LogP contribution in [-0.2, 0) is 29.1 Å². The van der Waals surface area contributed by atoms with E-state index >= 15 is 0 Å². The van der Waals surface area contributed by atoms with Crippen molar-refractivity contribution in [2.24, 2.45) is 0 Å². The largest absolute Gasteiger partial charge is 0.341 e.